The van der Waals surface area contributed by atoms with Gasteiger partial charge in [0.2, 0.25) is 5.91 Å². The molecule has 0 radical (unpaired) electrons. The Labute approximate surface area is 152 Å². The first-order chi connectivity index (χ1) is 11.9. The molecule has 6 nitrogen and oxygen atoms in total. The average Bonchev–Trinajstić information content (AvgIpc) is 2.60. The number of halogens is 2. The third-order valence-electron chi connectivity index (χ3n) is 3.87. The lowest BCUT2D eigenvalue weighted by molar-refractivity contribution is -0.149. The molecule has 0 bridgehead atoms. The summed E-state index contributed by atoms with van der Waals surface area (Å²) in [6.07, 6.45) is 3.66. The van der Waals surface area contributed by atoms with Gasteiger partial charge in [-0.05, 0) is 37.1 Å². The molecule has 1 heterocycles. The van der Waals surface area contributed by atoms with Gasteiger partial charge < -0.3 is 15.4 Å². The number of piperidine rings is 1. The minimum absolute atomic E-state index is 0.220. The van der Waals surface area contributed by atoms with E-state index in [4.69, 9.17) is 10.5 Å². The van der Waals surface area contributed by atoms with Crippen molar-refractivity contribution in [2.45, 2.75) is 12.8 Å². The average molecular weight is 413 g/mol. The van der Waals surface area contributed by atoms with Crippen LogP contribution < -0.4 is 5.73 Å². The lowest BCUT2D eigenvalue weighted by Crippen LogP contribution is -2.45. The normalized spacial score (nSPS) is 17.5. The van der Waals surface area contributed by atoms with Crippen molar-refractivity contribution in [1.29, 1.82) is 0 Å². The molecule has 0 unspecified atom stereocenters. The third kappa shape index (κ3) is 5.67. The standard InChI is InChI=1S/C17H18BrFN2O4/c18-13-4-5-14(19)11(8-13)3-6-16(23)25-10-15(22)21-7-1-2-12(9-21)17(20)24/h3-6,8,12H,1-2,7,9-10H2,(H2,20,24)/b6-3+/t12-/m0/s1. The first-order valence-electron chi connectivity index (χ1n) is 7.74. The number of ether oxygens (including phenoxy) is 1. The fourth-order valence-corrected chi connectivity index (χ4v) is 2.89. The number of carbonyl (C=O) groups excluding carboxylic acids is 3. The van der Waals surface area contributed by atoms with Gasteiger partial charge >= 0.3 is 5.97 Å². The Morgan fingerprint density at radius 2 is 2.16 bits per heavy atom. The smallest absolute Gasteiger partial charge is 0.331 e. The molecule has 0 spiro atoms. The van der Waals surface area contributed by atoms with Crippen LogP contribution in [0.2, 0.25) is 0 Å². The predicted molar refractivity (Wildman–Crippen MR) is 92.6 cm³/mol. The molecular weight excluding hydrogens is 395 g/mol. The molecule has 1 aromatic rings. The zero-order valence-corrected chi connectivity index (χ0v) is 15.0. The number of rotatable bonds is 5. The number of primary amides is 1. The highest BCUT2D eigenvalue weighted by molar-refractivity contribution is 9.10. The minimum Gasteiger partial charge on any atom is -0.452 e. The van der Waals surface area contributed by atoms with Gasteiger partial charge in [-0.15, -0.1) is 0 Å². The second-order valence-corrected chi connectivity index (χ2v) is 6.60. The summed E-state index contributed by atoms with van der Waals surface area (Å²) in [6, 6.07) is 4.33. The highest BCUT2D eigenvalue weighted by Gasteiger charge is 2.27. The number of amides is 2. The Morgan fingerprint density at radius 3 is 2.88 bits per heavy atom. The fourth-order valence-electron chi connectivity index (χ4n) is 2.51. The summed E-state index contributed by atoms with van der Waals surface area (Å²) in [5, 5.41) is 0. The minimum atomic E-state index is -0.754. The molecule has 1 aromatic carbocycles. The van der Waals surface area contributed by atoms with Gasteiger partial charge in [-0.1, -0.05) is 15.9 Å². The Hall–Kier alpha value is -2.22. The molecule has 25 heavy (non-hydrogen) atoms. The molecule has 2 N–H and O–H groups in total. The molecule has 1 saturated heterocycles. The second kappa shape index (κ2) is 8.75. The van der Waals surface area contributed by atoms with Gasteiger partial charge in [-0.3, -0.25) is 9.59 Å². The van der Waals surface area contributed by atoms with Gasteiger partial charge in [0.15, 0.2) is 6.61 Å². The van der Waals surface area contributed by atoms with Crippen molar-refractivity contribution in [1.82, 2.24) is 4.90 Å². The van der Waals surface area contributed by atoms with Crippen LogP contribution in [-0.4, -0.2) is 42.4 Å². The van der Waals surface area contributed by atoms with Crippen LogP contribution in [0.15, 0.2) is 28.7 Å². The summed E-state index contributed by atoms with van der Waals surface area (Å²) >= 11 is 3.21. The molecule has 2 amide bonds. The second-order valence-electron chi connectivity index (χ2n) is 5.69. The Balaban J connectivity index is 1.85. The zero-order valence-electron chi connectivity index (χ0n) is 13.4. The summed E-state index contributed by atoms with van der Waals surface area (Å²) in [5.74, 6) is -2.42. The van der Waals surface area contributed by atoms with Crippen LogP contribution in [0.5, 0.6) is 0 Å². The zero-order chi connectivity index (χ0) is 18.4. The maximum atomic E-state index is 13.6. The maximum Gasteiger partial charge on any atom is 0.331 e. The van der Waals surface area contributed by atoms with Gasteiger partial charge in [-0.2, -0.15) is 0 Å². The highest BCUT2D eigenvalue weighted by Crippen LogP contribution is 2.17. The van der Waals surface area contributed by atoms with E-state index in [2.05, 4.69) is 15.9 Å². The van der Waals surface area contributed by atoms with E-state index >= 15 is 0 Å². The summed E-state index contributed by atoms with van der Waals surface area (Å²) in [7, 11) is 0. The molecule has 1 atom stereocenters. The van der Waals surface area contributed by atoms with Crippen LogP contribution in [0.1, 0.15) is 18.4 Å². The van der Waals surface area contributed by atoms with E-state index in [9.17, 15) is 18.8 Å². The van der Waals surface area contributed by atoms with Crippen molar-refractivity contribution in [3.05, 3.63) is 40.1 Å². The van der Waals surface area contributed by atoms with Crippen molar-refractivity contribution in [2.75, 3.05) is 19.7 Å². The van der Waals surface area contributed by atoms with Crippen LogP contribution in [0.3, 0.4) is 0 Å². The number of hydrogen-bond donors (Lipinski definition) is 1. The number of likely N-dealkylation sites (tertiary alicyclic amines) is 1. The van der Waals surface area contributed by atoms with E-state index in [1.165, 1.54) is 23.1 Å². The van der Waals surface area contributed by atoms with Crippen molar-refractivity contribution >= 4 is 39.8 Å². The van der Waals surface area contributed by atoms with Crippen molar-refractivity contribution < 1.29 is 23.5 Å². The third-order valence-corrected chi connectivity index (χ3v) is 4.36. The summed E-state index contributed by atoms with van der Waals surface area (Å²) < 4.78 is 19.1. The molecule has 1 fully saturated rings. The Bertz CT molecular complexity index is 708. The number of carbonyl (C=O) groups is 3. The first-order valence-corrected chi connectivity index (χ1v) is 8.53. The number of esters is 1. The van der Waals surface area contributed by atoms with Crippen LogP contribution in [0, 0.1) is 11.7 Å². The quantitative estimate of drug-likeness (QED) is 0.590. The Kier molecular flexibility index (Phi) is 6.69. The highest BCUT2D eigenvalue weighted by atomic mass is 79.9. The topological polar surface area (TPSA) is 89.7 Å². The fraction of sp³-hybridized carbons (Fsp3) is 0.353. The molecule has 1 aliphatic heterocycles. The van der Waals surface area contributed by atoms with Gasteiger partial charge in [0.1, 0.15) is 5.82 Å². The van der Waals surface area contributed by atoms with E-state index in [1.54, 1.807) is 6.07 Å². The van der Waals surface area contributed by atoms with Crippen LogP contribution in [-0.2, 0) is 19.1 Å². The summed E-state index contributed by atoms with van der Waals surface area (Å²) in [6.45, 7) is 0.305. The van der Waals surface area contributed by atoms with E-state index in [-0.39, 0.29) is 23.9 Å². The van der Waals surface area contributed by atoms with Crippen molar-refractivity contribution in [2.24, 2.45) is 11.7 Å². The number of nitrogens with two attached hydrogens (primary N) is 1. The molecule has 0 aliphatic carbocycles. The SMILES string of the molecule is NC(=O)[C@H]1CCCN(C(=O)COC(=O)/C=C/c2cc(Br)ccc2F)C1. The number of hydrogen-bond acceptors (Lipinski definition) is 4. The largest absolute Gasteiger partial charge is 0.452 e. The summed E-state index contributed by atoms with van der Waals surface area (Å²) in [5.41, 5.74) is 5.48. The lowest BCUT2D eigenvalue weighted by atomic mass is 9.97. The molecule has 2 rings (SSSR count). The maximum absolute atomic E-state index is 13.6. The van der Waals surface area contributed by atoms with Crippen molar-refractivity contribution in [3.63, 3.8) is 0 Å². The number of nitrogens with zero attached hydrogens (tertiary/aromatic N) is 1. The van der Waals surface area contributed by atoms with E-state index in [0.29, 0.717) is 23.9 Å². The monoisotopic (exact) mass is 412 g/mol. The van der Waals surface area contributed by atoms with E-state index in [0.717, 1.165) is 6.08 Å². The molecule has 134 valence electrons. The molecule has 1 aliphatic rings. The van der Waals surface area contributed by atoms with E-state index < -0.39 is 24.3 Å². The van der Waals surface area contributed by atoms with Crippen LogP contribution in [0.4, 0.5) is 4.39 Å². The first kappa shape index (κ1) is 19.1. The van der Waals surface area contributed by atoms with Gasteiger partial charge in [0.05, 0.1) is 5.92 Å². The van der Waals surface area contributed by atoms with E-state index in [1.807, 2.05) is 0 Å². The van der Waals surface area contributed by atoms with Gasteiger partial charge in [0, 0.05) is 29.2 Å². The lowest BCUT2D eigenvalue weighted by Gasteiger charge is -2.30. The molecular formula is C17H18BrFN2O4. The van der Waals surface area contributed by atoms with Gasteiger partial charge in [0.25, 0.3) is 5.91 Å². The predicted octanol–water partition coefficient (Wildman–Crippen LogP) is 1.87. The molecule has 8 heteroatoms. The number of benzene rings is 1. The van der Waals surface area contributed by atoms with Crippen LogP contribution in [0.25, 0.3) is 6.08 Å². The molecule has 0 saturated carbocycles. The van der Waals surface area contributed by atoms with Crippen LogP contribution >= 0.6 is 15.9 Å². The van der Waals surface area contributed by atoms with Crippen molar-refractivity contribution in [3.8, 4) is 0 Å². The molecule has 0 aromatic heterocycles. The Morgan fingerprint density at radius 1 is 1.40 bits per heavy atom. The summed E-state index contributed by atoms with van der Waals surface area (Å²) in [4.78, 5) is 36.4. The van der Waals surface area contributed by atoms with Gasteiger partial charge in [-0.25, -0.2) is 9.18 Å².